The number of hydrogen-bond acceptors (Lipinski definition) is 4. The Labute approximate surface area is 73.5 Å². The van der Waals surface area contributed by atoms with Gasteiger partial charge in [-0.3, -0.25) is 0 Å². The zero-order valence-electron chi connectivity index (χ0n) is 6.51. The zero-order valence-corrected chi connectivity index (χ0v) is 6.51. The number of aliphatic hydroxyl groups excluding tert-OH is 1. The van der Waals surface area contributed by atoms with E-state index in [1.165, 1.54) is 18.2 Å². The van der Waals surface area contributed by atoms with E-state index in [0.29, 0.717) is 0 Å². The van der Waals surface area contributed by atoms with Gasteiger partial charge in [0.05, 0.1) is 5.56 Å². The maximum absolute atomic E-state index is 10.3. The van der Waals surface area contributed by atoms with Crippen molar-refractivity contribution in [3.8, 4) is 11.5 Å². The fraction of sp³-hybridized carbons (Fsp3) is 0.125. The number of aromatic hydroxyl groups is 2. The molecule has 5 nitrogen and oxygen atoms in total. The van der Waals surface area contributed by atoms with E-state index < -0.39 is 29.1 Å². The standard InChI is InChI=1S/C8H8O5/c9-4-2-1-3-5(10)6(4)7(11)8(12)13/h1-3,7,9-11H,(H,12,13). The third kappa shape index (κ3) is 1.70. The molecule has 0 aliphatic carbocycles. The quantitative estimate of drug-likeness (QED) is 0.527. The van der Waals surface area contributed by atoms with Crippen molar-refractivity contribution in [2.45, 2.75) is 6.10 Å². The van der Waals surface area contributed by atoms with Crippen LogP contribution in [0.4, 0.5) is 0 Å². The van der Waals surface area contributed by atoms with Crippen molar-refractivity contribution in [1.82, 2.24) is 0 Å². The largest absolute Gasteiger partial charge is 0.507 e. The van der Waals surface area contributed by atoms with Crippen molar-refractivity contribution in [2.75, 3.05) is 0 Å². The van der Waals surface area contributed by atoms with Crippen molar-refractivity contribution < 1.29 is 25.2 Å². The van der Waals surface area contributed by atoms with Crippen LogP contribution in [0.3, 0.4) is 0 Å². The summed E-state index contributed by atoms with van der Waals surface area (Å²) >= 11 is 0. The third-order valence-corrected chi connectivity index (χ3v) is 1.57. The Hall–Kier alpha value is -1.75. The van der Waals surface area contributed by atoms with Crippen molar-refractivity contribution >= 4 is 5.97 Å². The molecule has 1 unspecified atom stereocenters. The summed E-state index contributed by atoms with van der Waals surface area (Å²) in [4.78, 5) is 10.3. The van der Waals surface area contributed by atoms with Gasteiger partial charge in [-0.15, -0.1) is 0 Å². The lowest BCUT2D eigenvalue weighted by molar-refractivity contribution is -0.147. The molecule has 0 aromatic heterocycles. The molecule has 0 aliphatic rings. The van der Waals surface area contributed by atoms with Crippen LogP contribution in [0, 0.1) is 0 Å². The summed E-state index contributed by atoms with van der Waals surface area (Å²) in [6.45, 7) is 0. The number of rotatable bonds is 2. The molecule has 0 saturated carbocycles. The predicted octanol–water partition coefficient (Wildman–Crippen LogP) is 0.216. The number of phenolic OH excluding ortho intramolecular Hbond substituents is 2. The summed E-state index contributed by atoms with van der Waals surface area (Å²) in [6, 6.07) is 3.70. The summed E-state index contributed by atoms with van der Waals surface area (Å²) in [5.41, 5.74) is -0.394. The molecule has 0 spiro atoms. The smallest absolute Gasteiger partial charge is 0.337 e. The highest BCUT2D eigenvalue weighted by Gasteiger charge is 2.22. The molecule has 1 rings (SSSR count). The molecule has 1 atom stereocenters. The van der Waals surface area contributed by atoms with E-state index >= 15 is 0 Å². The van der Waals surface area contributed by atoms with E-state index in [2.05, 4.69) is 0 Å². The summed E-state index contributed by atoms with van der Waals surface area (Å²) < 4.78 is 0. The molecule has 0 saturated heterocycles. The van der Waals surface area contributed by atoms with Crippen LogP contribution in [0.15, 0.2) is 18.2 Å². The van der Waals surface area contributed by atoms with Gasteiger partial charge in [-0.05, 0) is 12.1 Å². The summed E-state index contributed by atoms with van der Waals surface area (Å²) in [6.07, 6.45) is -1.92. The number of carboxylic acid groups (broad SMARTS) is 1. The minimum absolute atomic E-state index is 0.394. The van der Waals surface area contributed by atoms with Gasteiger partial charge < -0.3 is 20.4 Å². The second kappa shape index (κ2) is 3.32. The lowest BCUT2D eigenvalue weighted by Gasteiger charge is -2.09. The maximum Gasteiger partial charge on any atom is 0.337 e. The molecule has 0 heterocycles. The monoisotopic (exact) mass is 184 g/mol. The molecular formula is C8H8O5. The fourth-order valence-electron chi connectivity index (χ4n) is 0.945. The topological polar surface area (TPSA) is 98.0 Å². The Morgan fingerprint density at radius 3 is 2.08 bits per heavy atom. The second-order valence-corrected chi connectivity index (χ2v) is 2.45. The molecule has 13 heavy (non-hydrogen) atoms. The SMILES string of the molecule is O=C(O)C(O)c1c(O)cccc1O. The van der Waals surface area contributed by atoms with E-state index in [1.54, 1.807) is 0 Å². The number of aliphatic carboxylic acids is 1. The third-order valence-electron chi connectivity index (χ3n) is 1.57. The Morgan fingerprint density at radius 1 is 1.23 bits per heavy atom. The van der Waals surface area contributed by atoms with Gasteiger partial charge in [0, 0.05) is 0 Å². The first-order valence-electron chi connectivity index (χ1n) is 3.45. The Kier molecular flexibility index (Phi) is 2.39. The van der Waals surface area contributed by atoms with Gasteiger partial charge in [0.1, 0.15) is 11.5 Å². The van der Waals surface area contributed by atoms with Gasteiger partial charge in [-0.25, -0.2) is 4.79 Å². The van der Waals surface area contributed by atoms with Crippen LogP contribution in [0.5, 0.6) is 11.5 Å². The molecular weight excluding hydrogens is 176 g/mol. The highest BCUT2D eigenvalue weighted by molar-refractivity contribution is 5.76. The van der Waals surface area contributed by atoms with Crippen LogP contribution in [-0.2, 0) is 4.79 Å². The number of benzene rings is 1. The number of carbonyl (C=O) groups is 1. The lowest BCUT2D eigenvalue weighted by Crippen LogP contribution is -2.10. The van der Waals surface area contributed by atoms with Crippen LogP contribution < -0.4 is 0 Å². The van der Waals surface area contributed by atoms with Gasteiger partial charge in [-0.1, -0.05) is 6.07 Å². The van der Waals surface area contributed by atoms with E-state index in [-0.39, 0.29) is 0 Å². The second-order valence-electron chi connectivity index (χ2n) is 2.45. The molecule has 5 heteroatoms. The van der Waals surface area contributed by atoms with E-state index in [0.717, 1.165) is 0 Å². The Morgan fingerprint density at radius 2 is 1.69 bits per heavy atom. The minimum atomic E-state index is -1.92. The van der Waals surface area contributed by atoms with Crippen molar-refractivity contribution in [1.29, 1.82) is 0 Å². The molecule has 4 N–H and O–H groups in total. The van der Waals surface area contributed by atoms with Crippen molar-refractivity contribution in [3.05, 3.63) is 23.8 Å². The first-order valence-corrected chi connectivity index (χ1v) is 3.45. The van der Waals surface area contributed by atoms with Gasteiger partial charge in [0.25, 0.3) is 0 Å². The van der Waals surface area contributed by atoms with Crippen LogP contribution in [0.1, 0.15) is 11.7 Å². The first-order chi connectivity index (χ1) is 6.04. The van der Waals surface area contributed by atoms with Crippen molar-refractivity contribution in [2.24, 2.45) is 0 Å². The first kappa shape index (κ1) is 9.34. The lowest BCUT2D eigenvalue weighted by atomic mass is 10.1. The van der Waals surface area contributed by atoms with Crippen LogP contribution >= 0.6 is 0 Å². The number of aliphatic hydroxyl groups is 1. The van der Waals surface area contributed by atoms with Gasteiger partial charge in [0.15, 0.2) is 6.10 Å². The van der Waals surface area contributed by atoms with E-state index in [4.69, 9.17) is 20.4 Å². The van der Waals surface area contributed by atoms with E-state index in [1.807, 2.05) is 0 Å². The molecule has 0 bridgehead atoms. The molecule has 0 fully saturated rings. The normalized spacial score (nSPS) is 12.4. The molecule has 70 valence electrons. The maximum atomic E-state index is 10.3. The fourth-order valence-corrected chi connectivity index (χ4v) is 0.945. The highest BCUT2D eigenvalue weighted by Crippen LogP contribution is 2.32. The number of phenols is 2. The molecule has 0 radical (unpaired) electrons. The summed E-state index contributed by atoms with van der Waals surface area (Å²) in [7, 11) is 0. The summed E-state index contributed by atoms with van der Waals surface area (Å²) in [5, 5.41) is 35.7. The number of carboxylic acids is 1. The average Bonchev–Trinajstić information content (AvgIpc) is 2.03. The number of hydrogen-bond donors (Lipinski definition) is 4. The average molecular weight is 184 g/mol. The highest BCUT2D eigenvalue weighted by atomic mass is 16.4. The Balaban J connectivity index is 3.20. The van der Waals surface area contributed by atoms with Crippen molar-refractivity contribution in [3.63, 3.8) is 0 Å². The predicted molar refractivity (Wildman–Crippen MR) is 42.4 cm³/mol. The zero-order chi connectivity index (χ0) is 10.0. The van der Waals surface area contributed by atoms with Gasteiger partial charge >= 0.3 is 5.97 Å². The van der Waals surface area contributed by atoms with Gasteiger partial charge in [0.2, 0.25) is 0 Å². The Bertz CT molecular complexity index is 313. The van der Waals surface area contributed by atoms with Crippen LogP contribution in [-0.4, -0.2) is 26.4 Å². The summed E-state index contributed by atoms with van der Waals surface area (Å²) in [5.74, 6) is -2.43. The van der Waals surface area contributed by atoms with Gasteiger partial charge in [-0.2, -0.15) is 0 Å². The van der Waals surface area contributed by atoms with E-state index in [9.17, 15) is 4.79 Å². The van der Waals surface area contributed by atoms with Crippen LogP contribution in [0.2, 0.25) is 0 Å². The van der Waals surface area contributed by atoms with Crippen LogP contribution in [0.25, 0.3) is 0 Å². The molecule has 1 aromatic rings. The molecule has 0 amide bonds. The molecule has 1 aromatic carbocycles. The minimum Gasteiger partial charge on any atom is -0.507 e. The molecule has 0 aliphatic heterocycles.